The van der Waals surface area contributed by atoms with Gasteiger partial charge in [0.2, 0.25) is 0 Å². The standard InChI is InChI=1S/C16H23F3N2/c1-3-20-10-13-7-8-14(9-15(13)16(17,18)19)21(2)11-12-5-4-6-12/h7-9,12,20H,3-6,10-11H2,1-2H3. The molecule has 1 aromatic carbocycles. The van der Waals surface area contributed by atoms with Crippen LogP contribution in [0.5, 0.6) is 0 Å². The molecule has 0 spiro atoms. The lowest BCUT2D eigenvalue weighted by molar-refractivity contribution is -0.138. The summed E-state index contributed by atoms with van der Waals surface area (Å²) in [6, 6.07) is 4.67. The normalized spacial score (nSPS) is 15.9. The molecule has 1 aromatic rings. The van der Waals surface area contributed by atoms with Crippen molar-refractivity contribution in [2.45, 2.75) is 38.9 Å². The Morgan fingerprint density at radius 2 is 2.00 bits per heavy atom. The van der Waals surface area contributed by atoms with E-state index in [0.717, 1.165) is 6.54 Å². The SMILES string of the molecule is CCNCc1ccc(N(C)CC2CCC2)cc1C(F)(F)F. The summed E-state index contributed by atoms with van der Waals surface area (Å²) in [7, 11) is 1.87. The second-order valence-corrected chi connectivity index (χ2v) is 5.80. The number of alkyl halides is 3. The summed E-state index contributed by atoms with van der Waals surface area (Å²) in [6.07, 6.45) is -0.685. The highest BCUT2D eigenvalue weighted by atomic mass is 19.4. The summed E-state index contributed by atoms with van der Waals surface area (Å²) in [4.78, 5) is 1.94. The number of benzene rings is 1. The fraction of sp³-hybridized carbons (Fsp3) is 0.625. The van der Waals surface area contributed by atoms with Crippen molar-refractivity contribution < 1.29 is 13.2 Å². The van der Waals surface area contributed by atoms with Crippen LogP contribution in [0.25, 0.3) is 0 Å². The summed E-state index contributed by atoms with van der Waals surface area (Å²) in [5.74, 6) is 0.630. The maximum atomic E-state index is 13.2. The molecular formula is C16H23F3N2. The molecule has 1 aliphatic rings. The summed E-state index contributed by atoms with van der Waals surface area (Å²) in [5, 5.41) is 2.96. The van der Waals surface area contributed by atoms with Crippen LogP contribution in [0.15, 0.2) is 18.2 Å². The molecule has 0 unspecified atom stereocenters. The smallest absolute Gasteiger partial charge is 0.374 e. The average molecular weight is 300 g/mol. The quantitative estimate of drug-likeness (QED) is 0.852. The lowest BCUT2D eigenvalue weighted by Crippen LogP contribution is -2.29. The van der Waals surface area contributed by atoms with Crippen LogP contribution in [0.2, 0.25) is 0 Å². The van der Waals surface area contributed by atoms with Gasteiger partial charge < -0.3 is 10.2 Å². The van der Waals surface area contributed by atoms with E-state index < -0.39 is 11.7 Å². The molecule has 2 rings (SSSR count). The van der Waals surface area contributed by atoms with Gasteiger partial charge in [0.25, 0.3) is 0 Å². The number of halogens is 3. The van der Waals surface area contributed by atoms with Crippen LogP contribution in [0.3, 0.4) is 0 Å². The van der Waals surface area contributed by atoms with Crippen LogP contribution < -0.4 is 10.2 Å². The van der Waals surface area contributed by atoms with Crippen LogP contribution in [0.4, 0.5) is 18.9 Å². The van der Waals surface area contributed by atoms with Gasteiger partial charge >= 0.3 is 6.18 Å². The molecule has 0 atom stereocenters. The van der Waals surface area contributed by atoms with Gasteiger partial charge in [-0.2, -0.15) is 13.2 Å². The first kappa shape index (κ1) is 16.1. The summed E-state index contributed by atoms with van der Waals surface area (Å²) in [6.45, 7) is 3.62. The Morgan fingerprint density at radius 1 is 1.29 bits per heavy atom. The molecule has 5 heteroatoms. The van der Waals surface area contributed by atoms with Gasteiger partial charge in [-0.05, 0) is 43.0 Å². The van der Waals surface area contributed by atoms with E-state index in [1.54, 1.807) is 12.1 Å². The number of hydrogen-bond donors (Lipinski definition) is 1. The molecule has 21 heavy (non-hydrogen) atoms. The molecule has 1 aliphatic carbocycles. The van der Waals surface area contributed by atoms with Crippen LogP contribution in [-0.2, 0) is 12.7 Å². The van der Waals surface area contributed by atoms with Gasteiger partial charge in [-0.3, -0.25) is 0 Å². The predicted molar refractivity (Wildman–Crippen MR) is 79.4 cm³/mol. The minimum atomic E-state index is -4.31. The maximum absolute atomic E-state index is 13.2. The van der Waals surface area contributed by atoms with E-state index in [1.165, 1.54) is 25.3 Å². The lowest BCUT2D eigenvalue weighted by Gasteiger charge is -2.31. The fourth-order valence-corrected chi connectivity index (χ4v) is 2.65. The Morgan fingerprint density at radius 3 is 2.52 bits per heavy atom. The van der Waals surface area contributed by atoms with Gasteiger partial charge in [-0.1, -0.05) is 19.4 Å². The van der Waals surface area contributed by atoms with Crippen LogP contribution >= 0.6 is 0 Å². The molecule has 0 aromatic heterocycles. The topological polar surface area (TPSA) is 15.3 Å². The van der Waals surface area contributed by atoms with Crippen molar-refractivity contribution in [3.8, 4) is 0 Å². The van der Waals surface area contributed by atoms with Gasteiger partial charge in [-0.15, -0.1) is 0 Å². The molecular weight excluding hydrogens is 277 g/mol. The van der Waals surface area contributed by atoms with E-state index in [4.69, 9.17) is 0 Å². The second-order valence-electron chi connectivity index (χ2n) is 5.80. The van der Waals surface area contributed by atoms with E-state index in [0.29, 0.717) is 23.7 Å². The highest BCUT2D eigenvalue weighted by Crippen LogP contribution is 2.35. The van der Waals surface area contributed by atoms with E-state index in [-0.39, 0.29) is 6.54 Å². The first-order chi connectivity index (χ1) is 9.91. The Bertz CT molecular complexity index is 467. The van der Waals surface area contributed by atoms with E-state index in [9.17, 15) is 13.2 Å². The third kappa shape index (κ3) is 4.13. The highest BCUT2D eigenvalue weighted by molar-refractivity contribution is 5.51. The molecule has 1 saturated carbocycles. The number of nitrogens with zero attached hydrogens (tertiary/aromatic N) is 1. The minimum absolute atomic E-state index is 0.248. The molecule has 2 nitrogen and oxygen atoms in total. The van der Waals surface area contributed by atoms with Crippen LogP contribution in [-0.4, -0.2) is 20.1 Å². The summed E-state index contributed by atoms with van der Waals surface area (Å²) >= 11 is 0. The van der Waals surface area contributed by atoms with Gasteiger partial charge in [0.05, 0.1) is 5.56 Å². The van der Waals surface area contributed by atoms with E-state index >= 15 is 0 Å². The zero-order chi connectivity index (χ0) is 15.5. The molecule has 0 aliphatic heterocycles. The van der Waals surface area contributed by atoms with Gasteiger partial charge in [0.1, 0.15) is 0 Å². The van der Waals surface area contributed by atoms with Crippen molar-refractivity contribution in [3.05, 3.63) is 29.3 Å². The van der Waals surface area contributed by atoms with Crippen LogP contribution in [0.1, 0.15) is 37.3 Å². The van der Waals surface area contributed by atoms with Gasteiger partial charge in [0, 0.05) is 25.8 Å². The lowest BCUT2D eigenvalue weighted by atomic mass is 9.85. The first-order valence-electron chi connectivity index (χ1n) is 7.53. The molecule has 1 N–H and O–H groups in total. The third-order valence-electron chi connectivity index (χ3n) is 4.16. The molecule has 0 saturated heterocycles. The predicted octanol–water partition coefficient (Wildman–Crippen LogP) is 4.05. The highest BCUT2D eigenvalue weighted by Gasteiger charge is 2.33. The number of hydrogen-bond acceptors (Lipinski definition) is 2. The van der Waals surface area contributed by atoms with Crippen molar-refractivity contribution in [2.75, 3.05) is 25.0 Å². The zero-order valence-corrected chi connectivity index (χ0v) is 12.6. The Kier molecular flexibility index (Phi) is 5.14. The monoisotopic (exact) mass is 300 g/mol. The molecule has 0 heterocycles. The van der Waals surface area contributed by atoms with E-state index in [2.05, 4.69) is 5.32 Å². The Balaban J connectivity index is 2.18. The molecule has 118 valence electrons. The van der Waals surface area contributed by atoms with Crippen LogP contribution in [0, 0.1) is 5.92 Å². The number of anilines is 1. The largest absolute Gasteiger partial charge is 0.416 e. The molecule has 1 fully saturated rings. The second kappa shape index (κ2) is 6.69. The van der Waals surface area contributed by atoms with Crippen molar-refractivity contribution >= 4 is 5.69 Å². The van der Waals surface area contributed by atoms with E-state index in [1.807, 2.05) is 18.9 Å². The number of rotatable bonds is 6. The van der Waals surface area contributed by atoms with Crippen molar-refractivity contribution in [3.63, 3.8) is 0 Å². The first-order valence-corrected chi connectivity index (χ1v) is 7.53. The van der Waals surface area contributed by atoms with Gasteiger partial charge in [0.15, 0.2) is 0 Å². The average Bonchev–Trinajstić information content (AvgIpc) is 2.39. The third-order valence-corrected chi connectivity index (χ3v) is 4.16. The minimum Gasteiger partial charge on any atom is -0.374 e. The van der Waals surface area contributed by atoms with Crippen molar-refractivity contribution in [1.82, 2.24) is 5.32 Å². The number of nitrogens with one attached hydrogen (secondary N) is 1. The molecule has 0 bridgehead atoms. The molecule has 0 radical (unpaired) electrons. The maximum Gasteiger partial charge on any atom is 0.416 e. The Hall–Kier alpha value is -1.23. The summed E-state index contributed by atoms with van der Waals surface area (Å²) in [5.41, 5.74) is 0.432. The Labute approximate surface area is 124 Å². The fourth-order valence-electron chi connectivity index (χ4n) is 2.65. The van der Waals surface area contributed by atoms with Crippen molar-refractivity contribution in [2.24, 2.45) is 5.92 Å². The van der Waals surface area contributed by atoms with Gasteiger partial charge in [-0.25, -0.2) is 0 Å². The van der Waals surface area contributed by atoms with Crippen molar-refractivity contribution in [1.29, 1.82) is 0 Å². The molecule has 0 amide bonds. The zero-order valence-electron chi connectivity index (χ0n) is 12.6. The summed E-state index contributed by atoms with van der Waals surface area (Å²) < 4.78 is 39.6.